The predicted molar refractivity (Wildman–Crippen MR) is 65.7 cm³/mol. The second-order valence-electron chi connectivity index (χ2n) is 3.35. The van der Waals surface area contributed by atoms with Gasteiger partial charge in [0.05, 0.1) is 0 Å². The van der Waals surface area contributed by atoms with E-state index in [4.69, 9.17) is 0 Å². The second-order valence-corrected chi connectivity index (χ2v) is 4.17. The van der Waals surface area contributed by atoms with Gasteiger partial charge in [-0.15, -0.1) is 0 Å². The van der Waals surface area contributed by atoms with Crippen LogP contribution in [0.15, 0.2) is 47.2 Å². The van der Waals surface area contributed by atoms with Crippen molar-refractivity contribution in [1.29, 1.82) is 0 Å². The minimum Gasteiger partial charge on any atom is -0.381 e. The van der Waals surface area contributed by atoms with Gasteiger partial charge < -0.3 is 5.32 Å². The third-order valence-corrected chi connectivity index (χ3v) is 2.58. The van der Waals surface area contributed by atoms with Gasteiger partial charge in [-0.25, -0.2) is 9.37 Å². The highest BCUT2D eigenvalue weighted by atomic mass is 79.9. The summed E-state index contributed by atoms with van der Waals surface area (Å²) in [5, 5.41) is 3.13. The van der Waals surface area contributed by atoms with E-state index in [-0.39, 0.29) is 5.82 Å². The van der Waals surface area contributed by atoms with Gasteiger partial charge in [-0.2, -0.15) is 0 Å². The van der Waals surface area contributed by atoms with Gasteiger partial charge in [0.15, 0.2) is 0 Å². The number of nitrogens with one attached hydrogen (secondary N) is 1. The summed E-state index contributed by atoms with van der Waals surface area (Å²) >= 11 is 3.27. The average Bonchev–Trinajstić information content (AvgIpc) is 2.28. The molecule has 16 heavy (non-hydrogen) atoms. The first-order valence-electron chi connectivity index (χ1n) is 4.84. The lowest BCUT2D eigenvalue weighted by atomic mass is 10.2. The summed E-state index contributed by atoms with van der Waals surface area (Å²) in [6.07, 6.45) is 1.77. The maximum atomic E-state index is 12.9. The van der Waals surface area contributed by atoms with Crippen molar-refractivity contribution in [2.24, 2.45) is 0 Å². The molecule has 0 atom stereocenters. The number of aromatic nitrogens is 1. The molecule has 4 heteroatoms. The van der Waals surface area contributed by atoms with E-state index < -0.39 is 0 Å². The Balaban J connectivity index is 1.99. The quantitative estimate of drug-likeness (QED) is 0.869. The largest absolute Gasteiger partial charge is 0.381 e. The molecule has 2 nitrogen and oxygen atoms in total. The van der Waals surface area contributed by atoms with Crippen LogP contribution in [0.25, 0.3) is 0 Å². The van der Waals surface area contributed by atoms with E-state index in [0.717, 1.165) is 15.9 Å². The lowest BCUT2D eigenvalue weighted by molar-refractivity contribution is 0.628. The van der Waals surface area contributed by atoms with E-state index in [2.05, 4.69) is 26.2 Å². The fraction of sp³-hybridized carbons (Fsp3) is 0.0833. The van der Waals surface area contributed by atoms with Crippen molar-refractivity contribution in [1.82, 2.24) is 4.98 Å². The molecule has 0 unspecified atom stereocenters. The smallest absolute Gasteiger partial charge is 0.125 e. The highest BCUT2D eigenvalue weighted by molar-refractivity contribution is 9.10. The highest BCUT2D eigenvalue weighted by Crippen LogP contribution is 2.11. The van der Waals surface area contributed by atoms with Crippen molar-refractivity contribution < 1.29 is 4.39 Å². The Morgan fingerprint density at radius 1 is 1.25 bits per heavy atom. The molecule has 2 aromatic rings. The number of hydrogen-bond donors (Lipinski definition) is 1. The molecule has 2 rings (SSSR count). The molecule has 0 fully saturated rings. The van der Waals surface area contributed by atoms with E-state index in [1.54, 1.807) is 12.3 Å². The van der Waals surface area contributed by atoms with Crippen LogP contribution in [0.4, 0.5) is 10.1 Å². The first kappa shape index (κ1) is 11.1. The molecular weight excluding hydrogens is 271 g/mol. The molecule has 0 saturated heterocycles. The van der Waals surface area contributed by atoms with Gasteiger partial charge in [-0.3, -0.25) is 0 Å². The van der Waals surface area contributed by atoms with Crippen LogP contribution in [0.5, 0.6) is 0 Å². The summed E-state index contributed by atoms with van der Waals surface area (Å²) < 4.78 is 13.7. The molecule has 1 aromatic carbocycles. The van der Waals surface area contributed by atoms with Gasteiger partial charge in [0.2, 0.25) is 0 Å². The van der Waals surface area contributed by atoms with Crippen LogP contribution in [0.1, 0.15) is 5.56 Å². The number of rotatable bonds is 3. The third-order valence-electron chi connectivity index (χ3n) is 2.11. The number of halogens is 2. The summed E-state index contributed by atoms with van der Waals surface area (Å²) in [6.45, 7) is 0.629. The van der Waals surface area contributed by atoms with E-state index in [1.165, 1.54) is 12.1 Å². The lowest BCUT2D eigenvalue weighted by Crippen LogP contribution is -1.99. The van der Waals surface area contributed by atoms with E-state index in [0.29, 0.717) is 6.54 Å². The van der Waals surface area contributed by atoms with Crippen molar-refractivity contribution in [2.45, 2.75) is 6.54 Å². The highest BCUT2D eigenvalue weighted by Gasteiger charge is 1.96. The van der Waals surface area contributed by atoms with Crippen LogP contribution < -0.4 is 5.32 Å². The summed E-state index contributed by atoms with van der Waals surface area (Å²) in [4.78, 5) is 4.11. The third kappa shape index (κ3) is 3.03. The van der Waals surface area contributed by atoms with Crippen LogP contribution in [0.2, 0.25) is 0 Å². The molecule has 0 saturated carbocycles. The Morgan fingerprint density at radius 3 is 2.81 bits per heavy atom. The van der Waals surface area contributed by atoms with Crippen LogP contribution in [-0.4, -0.2) is 4.98 Å². The van der Waals surface area contributed by atoms with Gasteiger partial charge in [-0.05, 0) is 45.8 Å². The molecule has 1 aromatic heterocycles. The topological polar surface area (TPSA) is 24.9 Å². The number of benzene rings is 1. The first-order chi connectivity index (χ1) is 7.74. The van der Waals surface area contributed by atoms with Gasteiger partial charge in [0.1, 0.15) is 10.4 Å². The number of hydrogen-bond acceptors (Lipinski definition) is 2. The van der Waals surface area contributed by atoms with Gasteiger partial charge >= 0.3 is 0 Å². The minimum absolute atomic E-state index is 0.237. The summed E-state index contributed by atoms with van der Waals surface area (Å²) in [6, 6.07) is 10.2. The Kier molecular flexibility index (Phi) is 3.51. The predicted octanol–water partition coefficient (Wildman–Crippen LogP) is 3.60. The van der Waals surface area contributed by atoms with Gasteiger partial charge in [0.25, 0.3) is 0 Å². The molecule has 0 amide bonds. The number of pyridine rings is 1. The number of anilines is 1. The van der Waals surface area contributed by atoms with Crippen molar-refractivity contribution >= 4 is 21.6 Å². The Bertz CT molecular complexity index is 471. The zero-order valence-corrected chi connectivity index (χ0v) is 10.0. The molecule has 1 N–H and O–H groups in total. The van der Waals surface area contributed by atoms with Crippen LogP contribution >= 0.6 is 15.9 Å². The van der Waals surface area contributed by atoms with E-state index >= 15 is 0 Å². The monoisotopic (exact) mass is 280 g/mol. The average molecular weight is 281 g/mol. The Labute approximate surface area is 102 Å². The van der Waals surface area contributed by atoms with Crippen molar-refractivity contribution in [3.8, 4) is 0 Å². The fourth-order valence-electron chi connectivity index (χ4n) is 1.31. The molecular formula is C12H10BrFN2. The van der Waals surface area contributed by atoms with Gasteiger partial charge in [-0.1, -0.05) is 12.1 Å². The van der Waals surface area contributed by atoms with Crippen molar-refractivity contribution in [2.75, 3.05) is 5.32 Å². The minimum atomic E-state index is -0.237. The van der Waals surface area contributed by atoms with Crippen LogP contribution in [-0.2, 0) is 6.54 Å². The normalized spacial score (nSPS) is 10.1. The maximum absolute atomic E-state index is 12.9. The molecule has 0 spiro atoms. The standard InChI is InChI=1S/C12H10BrFN2/c13-12-5-4-9(8-16-12)7-15-11-3-1-2-10(14)6-11/h1-6,8,15H,7H2. The molecule has 1 heterocycles. The van der Waals surface area contributed by atoms with Crippen molar-refractivity contribution in [3.63, 3.8) is 0 Å². The SMILES string of the molecule is Fc1cccc(NCc2ccc(Br)nc2)c1. The van der Waals surface area contributed by atoms with Crippen LogP contribution in [0, 0.1) is 5.82 Å². The first-order valence-corrected chi connectivity index (χ1v) is 5.63. The second kappa shape index (κ2) is 5.07. The summed E-state index contributed by atoms with van der Waals surface area (Å²) in [7, 11) is 0. The Morgan fingerprint density at radius 2 is 2.12 bits per heavy atom. The zero-order chi connectivity index (χ0) is 11.4. The van der Waals surface area contributed by atoms with Crippen molar-refractivity contribution in [3.05, 3.63) is 58.6 Å². The molecule has 82 valence electrons. The summed E-state index contributed by atoms with van der Waals surface area (Å²) in [5.74, 6) is -0.237. The summed E-state index contributed by atoms with van der Waals surface area (Å²) in [5.41, 5.74) is 1.82. The molecule has 0 aliphatic carbocycles. The lowest BCUT2D eigenvalue weighted by Gasteiger charge is -2.06. The molecule has 0 aliphatic heterocycles. The van der Waals surface area contributed by atoms with Crippen LogP contribution in [0.3, 0.4) is 0 Å². The molecule has 0 bridgehead atoms. The van der Waals surface area contributed by atoms with E-state index in [9.17, 15) is 4.39 Å². The fourth-order valence-corrected chi connectivity index (χ4v) is 1.55. The molecule has 0 radical (unpaired) electrons. The van der Waals surface area contributed by atoms with E-state index in [1.807, 2.05) is 18.2 Å². The molecule has 0 aliphatic rings. The Hall–Kier alpha value is -1.42. The number of nitrogens with zero attached hydrogens (tertiary/aromatic N) is 1. The maximum Gasteiger partial charge on any atom is 0.125 e. The zero-order valence-electron chi connectivity index (χ0n) is 8.45. The van der Waals surface area contributed by atoms with Gasteiger partial charge in [0, 0.05) is 18.4 Å².